The molecule has 0 fully saturated rings. The molecule has 2 aromatic carbocycles. The van der Waals surface area contributed by atoms with Gasteiger partial charge in [0.1, 0.15) is 5.52 Å². The monoisotopic (exact) mass is 422 g/mol. The quantitative estimate of drug-likeness (QED) is 0.461. The number of aryl methyl sites for hydroxylation is 2. The fourth-order valence-corrected chi connectivity index (χ4v) is 3.90. The van der Waals surface area contributed by atoms with Crippen molar-refractivity contribution in [1.29, 1.82) is 0 Å². The highest BCUT2D eigenvalue weighted by atomic mass is 16.1. The maximum Gasteiger partial charge on any atom is 0.276 e. The van der Waals surface area contributed by atoms with Crippen LogP contribution in [0.5, 0.6) is 0 Å². The molecule has 5 rings (SSSR count). The Morgan fingerprint density at radius 2 is 1.72 bits per heavy atom. The van der Waals surface area contributed by atoms with E-state index in [-0.39, 0.29) is 11.5 Å². The molecule has 0 unspecified atom stereocenters. The van der Waals surface area contributed by atoms with Crippen LogP contribution >= 0.6 is 0 Å². The summed E-state index contributed by atoms with van der Waals surface area (Å²) in [6.07, 6.45) is 3.56. The Kier molecular flexibility index (Phi) is 4.82. The standard InChI is InChI=1S/C26H22N4O2/c1-17-7-12-21(15-18(17)2)28-25(31)20-10-8-19(9-11-20)16-30-24-22(5-3-13-27-24)29-14-4-6-23(29)26(30)32/h3-15H,16H2,1-2H3,(H,28,31). The van der Waals surface area contributed by atoms with Gasteiger partial charge in [0.25, 0.3) is 11.5 Å². The van der Waals surface area contributed by atoms with Crippen molar-refractivity contribution < 1.29 is 4.79 Å². The summed E-state index contributed by atoms with van der Waals surface area (Å²) >= 11 is 0. The first-order chi connectivity index (χ1) is 15.5. The molecule has 0 aliphatic rings. The van der Waals surface area contributed by atoms with Gasteiger partial charge in [0.15, 0.2) is 5.65 Å². The molecule has 0 spiro atoms. The number of aromatic nitrogens is 3. The van der Waals surface area contributed by atoms with E-state index in [2.05, 4.69) is 10.3 Å². The van der Waals surface area contributed by atoms with Crippen molar-refractivity contribution in [3.05, 3.63) is 112 Å². The first-order valence-corrected chi connectivity index (χ1v) is 10.4. The smallest absolute Gasteiger partial charge is 0.276 e. The minimum absolute atomic E-state index is 0.0993. The highest BCUT2D eigenvalue weighted by Crippen LogP contribution is 2.17. The Labute approximate surface area is 184 Å². The second-order valence-corrected chi connectivity index (χ2v) is 7.95. The lowest BCUT2D eigenvalue weighted by atomic mass is 10.1. The summed E-state index contributed by atoms with van der Waals surface area (Å²) in [5.74, 6) is -0.168. The van der Waals surface area contributed by atoms with Crippen molar-refractivity contribution >= 4 is 28.3 Å². The minimum Gasteiger partial charge on any atom is -0.322 e. The average Bonchev–Trinajstić information content (AvgIpc) is 3.30. The highest BCUT2D eigenvalue weighted by molar-refractivity contribution is 6.04. The van der Waals surface area contributed by atoms with E-state index < -0.39 is 0 Å². The molecule has 6 nitrogen and oxygen atoms in total. The zero-order valence-corrected chi connectivity index (χ0v) is 17.9. The van der Waals surface area contributed by atoms with Crippen LogP contribution in [-0.2, 0) is 6.54 Å². The lowest BCUT2D eigenvalue weighted by Crippen LogP contribution is -2.24. The van der Waals surface area contributed by atoms with Crippen LogP contribution in [0.3, 0.4) is 0 Å². The van der Waals surface area contributed by atoms with Gasteiger partial charge in [0.2, 0.25) is 0 Å². The first kappa shape index (κ1) is 19.8. The lowest BCUT2D eigenvalue weighted by molar-refractivity contribution is 0.102. The topological polar surface area (TPSA) is 68.4 Å². The van der Waals surface area contributed by atoms with Crippen molar-refractivity contribution in [3.63, 3.8) is 0 Å². The molecule has 3 heterocycles. The molecule has 1 amide bonds. The average molecular weight is 422 g/mol. The molecule has 0 saturated carbocycles. The van der Waals surface area contributed by atoms with Crippen molar-refractivity contribution in [3.8, 4) is 0 Å². The van der Waals surface area contributed by atoms with Crippen molar-refractivity contribution in [2.24, 2.45) is 0 Å². The Balaban J connectivity index is 1.43. The molecule has 0 saturated heterocycles. The molecule has 5 aromatic rings. The Bertz CT molecular complexity index is 1530. The second-order valence-electron chi connectivity index (χ2n) is 7.95. The number of amides is 1. The third-order valence-corrected chi connectivity index (χ3v) is 5.82. The molecule has 0 aliphatic carbocycles. The molecule has 6 heteroatoms. The summed E-state index contributed by atoms with van der Waals surface area (Å²) in [7, 11) is 0. The van der Waals surface area contributed by atoms with E-state index in [0.29, 0.717) is 23.3 Å². The zero-order valence-electron chi connectivity index (χ0n) is 17.9. The predicted octanol–water partition coefficient (Wildman–Crippen LogP) is 4.57. The molecule has 0 atom stereocenters. The van der Waals surface area contributed by atoms with Gasteiger partial charge in [-0.3, -0.25) is 14.2 Å². The van der Waals surface area contributed by atoms with Gasteiger partial charge in [-0.25, -0.2) is 4.98 Å². The Hall–Kier alpha value is -4.19. The van der Waals surface area contributed by atoms with Gasteiger partial charge in [-0.05, 0) is 79.1 Å². The third kappa shape index (κ3) is 3.46. The number of fused-ring (bicyclic) bond motifs is 3. The van der Waals surface area contributed by atoms with Gasteiger partial charge in [-0.2, -0.15) is 0 Å². The van der Waals surface area contributed by atoms with Gasteiger partial charge >= 0.3 is 0 Å². The summed E-state index contributed by atoms with van der Waals surface area (Å²) in [5.41, 5.74) is 6.56. The number of pyridine rings is 1. The van der Waals surface area contributed by atoms with Gasteiger partial charge in [0.05, 0.1) is 12.1 Å². The number of hydrogen-bond acceptors (Lipinski definition) is 3. The summed E-state index contributed by atoms with van der Waals surface area (Å²) in [4.78, 5) is 30.2. The Morgan fingerprint density at radius 1 is 0.938 bits per heavy atom. The molecule has 158 valence electrons. The van der Waals surface area contributed by atoms with E-state index in [9.17, 15) is 9.59 Å². The molecular formula is C26H22N4O2. The van der Waals surface area contributed by atoms with Gasteiger partial charge < -0.3 is 9.72 Å². The maximum atomic E-state index is 13.1. The lowest BCUT2D eigenvalue weighted by Gasteiger charge is -2.12. The van der Waals surface area contributed by atoms with Crippen molar-refractivity contribution in [2.45, 2.75) is 20.4 Å². The van der Waals surface area contributed by atoms with E-state index >= 15 is 0 Å². The number of nitrogens with zero attached hydrogens (tertiary/aromatic N) is 3. The summed E-state index contributed by atoms with van der Waals surface area (Å²) in [5, 5.41) is 2.94. The number of rotatable bonds is 4. The van der Waals surface area contributed by atoms with Crippen LogP contribution in [0.1, 0.15) is 27.0 Å². The van der Waals surface area contributed by atoms with Crippen LogP contribution in [0.2, 0.25) is 0 Å². The van der Waals surface area contributed by atoms with E-state index in [1.807, 2.05) is 79.0 Å². The first-order valence-electron chi connectivity index (χ1n) is 10.4. The van der Waals surface area contributed by atoms with E-state index in [1.54, 1.807) is 22.9 Å². The number of benzene rings is 2. The molecule has 0 radical (unpaired) electrons. The molecule has 0 bridgehead atoms. The Morgan fingerprint density at radius 3 is 2.50 bits per heavy atom. The van der Waals surface area contributed by atoms with Crippen LogP contribution < -0.4 is 10.9 Å². The SMILES string of the molecule is Cc1ccc(NC(=O)c2ccc(Cn3c(=O)c4cccn4c4cccnc43)cc2)cc1C. The van der Waals surface area contributed by atoms with Crippen molar-refractivity contribution in [1.82, 2.24) is 14.0 Å². The van der Waals surface area contributed by atoms with Crippen molar-refractivity contribution in [2.75, 3.05) is 5.32 Å². The normalized spacial score (nSPS) is 11.2. The van der Waals surface area contributed by atoms with E-state index in [1.165, 1.54) is 5.56 Å². The summed E-state index contributed by atoms with van der Waals surface area (Å²) in [6, 6.07) is 20.6. The molecule has 0 aliphatic heterocycles. The molecule has 1 N–H and O–H groups in total. The zero-order chi connectivity index (χ0) is 22.2. The van der Waals surface area contributed by atoms with Gasteiger partial charge in [-0.15, -0.1) is 0 Å². The van der Waals surface area contributed by atoms with Crippen LogP contribution in [0.15, 0.2) is 83.9 Å². The number of carbonyl (C=O) groups is 1. The predicted molar refractivity (Wildman–Crippen MR) is 126 cm³/mol. The largest absolute Gasteiger partial charge is 0.322 e. The number of anilines is 1. The van der Waals surface area contributed by atoms with Gasteiger partial charge in [0, 0.05) is 23.6 Å². The molecule has 3 aromatic heterocycles. The highest BCUT2D eigenvalue weighted by Gasteiger charge is 2.12. The number of hydrogen-bond donors (Lipinski definition) is 1. The van der Waals surface area contributed by atoms with E-state index in [4.69, 9.17) is 0 Å². The fourth-order valence-electron chi connectivity index (χ4n) is 3.90. The van der Waals surface area contributed by atoms with Crippen LogP contribution in [0.25, 0.3) is 16.7 Å². The third-order valence-electron chi connectivity index (χ3n) is 5.82. The van der Waals surface area contributed by atoms with Crippen LogP contribution in [-0.4, -0.2) is 19.9 Å². The molecule has 32 heavy (non-hydrogen) atoms. The van der Waals surface area contributed by atoms with E-state index in [0.717, 1.165) is 22.3 Å². The second kappa shape index (κ2) is 7.81. The summed E-state index contributed by atoms with van der Waals surface area (Å²) in [6.45, 7) is 4.43. The number of nitrogens with one attached hydrogen (secondary N) is 1. The van der Waals surface area contributed by atoms with Crippen LogP contribution in [0, 0.1) is 13.8 Å². The fraction of sp³-hybridized carbons (Fsp3) is 0.115. The van der Waals surface area contributed by atoms with Gasteiger partial charge in [-0.1, -0.05) is 18.2 Å². The number of carbonyl (C=O) groups excluding carboxylic acids is 1. The summed E-state index contributed by atoms with van der Waals surface area (Å²) < 4.78 is 3.54. The minimum atomic E-state index is -0.168. The van der Waals surface area contributed by atoms with Crippen LogP contribution in [0.4, 0.5) is 5.69 Å². The maximum absolute atomic E-state index is 13.1. The molecular weight excluding hydrogens is 400 g/mol.